The van der Waals surface area contributed by atoms with E-state index in [1.165, 1.54) is 12.8 Å². The molecule has 0 N–H and O–H groups in total. The fourth-order valence-electron chi connectivity index (χ4n) is 3.72. The summed E-state index contributed by atoms with van der Waals surface area (Å²) in [6.07, 6.45) is 4.25. The molecule has 0 aliphatic carbocycles. The van der Waals surface area contributed by atoms with Crippen LogP contribution in [0.1, 0.15) is 23.2 Å². The first kappa shape index (κ1) is 17.6. The van der Waals surface area contributed by atoms with Crippen molar-refractivity contribution in [1.29, 1.82) is 0 Å². The summed E-state index contributed by atoms with van der Waals surface area (Å²) in [5.41, 5.74) is 0.617. The number of aromatic nitrogens is 2. The molecule has 2 aliphatic rings. The van der Waals surface area contributed by atoms with Crippen LogP contribution in [0.2, 0.25) is 0 Å². The molecule has 27 heavy (non-hydrogen) atoms. The summed E-state index contributed by atoms with van der Waals surface area (Å²) >= 11 is 0. The van der Waals surface area contributed by atoms with Crippen molar-refractivity contribution in [1.82, 2.24) is 14.9 Å². The third-order valence-electron chi connectivity index (χ3n) is 5.25. The Hall–Kier alpha value is -2.83. The first-order valence-corrected chi connectivity index (χ1v) is 9.51. The third kappa shape index (κ3) is 3.67. The van der Waals surface area contributed by atoms with Crippen LogP contribution < -0.4 is 14.5 Å². The molecule has 7 nitrogen and oxygen atoms in total. The van der Waals surface area contributed by atoms with Crippen molar-refractivity contribution in [2.24, 2.45) is 0 Å². The second kappa shape index (κ2) is 7.82. The van der Waals surface area contributed by atoms with Crippen molar-refractivity contribution < 1.29 is 9.53 Å². The van der Waals surface area contributed by atoms with Gasteiger partial charge in [-0.25, -0.2) is 4.98 Å². The van der Waals surface area contributed by atoms with Gasteiger partial charge >= 0.3 is 0 Å². The Morgan fingerprint density at radius 2 is 1.70 bits per heavy atom. The van der Waals surface area contributed by atoms with E-state index < -0.39 is 0 Å². The van der Waals surface area contributed by atoms with E-state index in [0.717, 1.165) is 37.9 Å². The number of para-hydroxylation sites is 1. The van der Waals surface area contributed by atoms with E-state index in [4.69, 9.17) is 9.72 Å². The number of carbonyl (C=O) groups excluding carboxylic acids is 1. The molecule has 1 amide bonds. The van der Waals surface area contributed by atoms with E-state index in [-0.39, 0.29) is 5.91 Å². The topological polar surface area (TPSA) is 61.8 Å². The number of ether oxygens (including phenoxy) is 1. The Kier molecular flexibility index (Phi) is 5.09. The summed E-state index contributed by atoms with van der Waals surface area (Å²) in [7, 11) is 1.59. The number of hydrogen-bond acceptors (Lipinski definition) is 6. The lowest BCUT2D eigenvalue weighted by Crippen LogP contribution is -2.49. The van der Waals surface area contributed by atoms with Crippen molar-refractivity contribution >= 4 is 17.7 Å². The van der Waals surface area contributed by atoms with Crippen molar-refractivity contribution in [2.45, 2.75) is 12.8 Å². The minimum absolute atomic E-state index is 0.0209. The number of anilines is 2. The van der Waals surface area contributed by atoms with Crippen molar-refractivity contribution in [2.75, 3.05) is 56.2 Å². The summed E-state index contributed by atoms with van der Waals surface area (Å²) in [4.78, 5) is 28.4. The lowest BCUT2D eigenvalue weighted by molar-refractivity contribution is 0.0743. The standard InChI is InChI=1S/C20H25N5O2/c1-27-17-7-3-2-6-16(17)19(26)24-14-12-23(13-15-24)18-8-9-21-20(22-18)25-10-4-5-11-25/h2-3,6-9H,4-5,10-15H2,1H3. The van der Waals surface area contributed by atoms with Gasteiger partial charge in [0.05, 0.1) is 12.7 Å². The molecule has 4 rings (SSSR count). The SMILES string of the molecule is COc1ccccc1C(=O)N1CCN(c2ccnc(N3CCCC3)n2)CC1. The predicted octanol–water partition coefficient (Wildman–Crippen LogP) is 2.05. The first-order chi connectivity index (χ1) is 13.3. The predicted molar refractivity (Wildman–Crippen MR) is 105 cm³/mol. The maximum absolute atomic E-state index is 12.8. The van der Waals surface area contributed by atoms with Gasteiger partial charge in [-0.1, -0.05) is 12.1 Å². The molecule has 3 heterocycles. The Morgan fingerprint density at radius 1 is 0.963 bits per heavy atom. The van der Waals surface area contributed by atoms with E-state index in [9.17, 15) is 4.79 Å². The number of hydrogen-bond donors (Lipinski definition) is 0. The molecule has 0 radical (unpaired) electrons. The van der Waals surface area contributed by atoms with Gasteiger partial charge in [0, 0.05) is 45.5 Å². The lowest BCUT2D eigenvalue weighted by atomic mass is 10.1. The first-order valence-electron chi connectivity index (χ1n) is 9.51. The van der Waals surface area contributed by atoms with E-state index in [1.807, 2.05) is 41.4 Å². The average Bonchev–Trinajstić information content (AvgIpc) is 3.28. The Bertz CT molecular complexity index is 798. The number of rotatable bonds is 4. The zero-order valence-electron chi connectivity index (χ0n) is 15.7. The molecule has 7 heteroatoms. The molecule has 0 saturated carbocycles. The molecule has 1 aromatic heterocycles. The molecule has 0 bridgehead atoms. The van der Waals surface area contributed by atoms with Gasteiger partial charge in [0.1, 0.15) is 11.6 Å². The maximum Gasteiger partial charge on any atom is 0.257 e. The van der Waals surface area contributed by atoms with E-state index >= 15 is 0 Å². The van der Waals surface area contributed by atoms with Crippen molar-refractivity contribution in [3.63, 3.8) is 0 Å². The molecular formula is C20H25N5O2. The van der Waals surface area contributed by atoms with Gasteiger partial charge in [0.15, 0.2) is 0 Å². The highest BCUT2D eigenvalue weighted by Gasteiger charge is 2.25. The molecular weight excluding hydrogens is 342 g/mol. The molecule has 0 spiro atoms. The van der Waals surface area contributed by atoms with Gasteiger partial charge in [-0.3, -0.25) is 4.79 Å². The highest BCUT2D eigenvalue weighted by Crippen LogP contribution is 2.22. The average molecular weight is 367 g/mol. The second-order valence-corrected chi connectivity index (χ2v) is 6.89. The van der Waals surface area contributed by atoms with E-state index in [2.05, 4.69) is 14.8 Å². The normalized spacial score (nSPS) is 17.3. The zero-order valence-corrected chi connectivity index (χ0v) is 15.7. The number of nitrogens with zero attached hydrogens (tertiary/aromatic N) is 5. The summed E-state index contributed by atoms with van der Waals surface area (Å²) < 4.78 is 5.33. The minimum atomic E-state index is 0.0209. The fourth-order valence-corrected chi connectivity index (χ4v) is 3.72. The molecule has 2 aliphatic heterocycles. The maximum atomic E-state index is 12.8. The number of benzene rings is 1. The fraction of sp³-hybridized carbons (Fsp3) is 0.450. The second-order valence-electron chi connectivity index (χ2n) is 6.89. The third-order valence-corrected chi connectivity index (χ3v) is 5.25. The summed E-state index contributed by atoms with van der Waals surface area (Å²) in [6, 6.07) is 9.34. The summed E-state index contributed by atoms with van der Waals surface area (Å²) in [6.45, 7) is 4.92. The van der Waals surface area contributed by atoms with Gasteiger partial charge < -0.3 is 19.4 Å². The van der Waals surface area contributed by atoms with Gasteiger partial charge in [0.25, 0.3) is 5.91 Å². The van der Waals surface area contributed by atoms with Gasteiger partial charge in [0.2, 0.25) is 5.95 Å². The smallest absolute Gasteiger partial charge is 0.257 e. The van der Waals surface area contributed by atoms with Crippen LogP contribution in [0, 0.1) is 0 Å². The van der Waals surface area contributed by atoms with Crippen LogP contribution in [0.4, 0.5) is 11.8 Å². The summed E-state index contributed by atoms with van der Waals surface area (Å²) in [5.74, 6) is 2.40. The lowest BCUT2D eigenvalue weighted by Gasteiger charge is -2.35. The largest absolute Gasteiger partial charge is 0.496 e. The van der Waals surface area contributed by atoms with Crippen LogP contribution in [0.3, 0.4) is 0 Å². The zero-order chi connectivity index (χ0) is 18.6. The number of carbonyl (C=O) groups is 1. The molecule has 2 fully saturated rings. The Labute approximate surface area is 159 Å². The van der Waals surface area contributed by atoms with Crippen molar-refractivity contribution in [3.8, 4) is 5.75 Å². The van der Waals surface area contributed by atoms with Crippen LogP contribution in [0.5, 0.6) is 5.75 Å². The molecule has 0 unspecified atom stereocenters. The van der Waals surface area contributed by atoms with Crippen molar-refractivity contribution in [3.05, 3.63) is 42.1 Å². The van der Waals surface area contributed by atoms with E-state index in [0.29, 0.717) is 24.4 Å². The molecule has 2 saturated heterocycles. The molecule has 1 aromatic carbocycles. The van der Waals surface area contributed by atoms with Crippen LogP contribution in [-0.4, -0.2) is 67.2 Å². The quantitative estimate of drug-likeness (QED) is 0.824. The van der Waals surface area contributed by atoms with Crippen LogP contribution >= 0.6 is 0 Å². The molecule has 142 valence electrons. The van der Waals surface area contributed by atoms with Crippen LogP contribution in [0.25, 0.3) is 0 Å². The van der Waals surface area contributed by atoms with Crippen LogP contribution in [0.15, 0.2) is 36.5 Å². The minimum Gasteiger partial charge on any atom is -0.496 e. The number of piperazine rings is 1. The summed E-state index contributed by atoms with van der Waals surface area (Å²) in [5, 5.41) is 0. The molecule has 2 aromatic rings. The number of methoxy groups -OCH3 is 1. The van der Waals surface area contributed by atoms with Gasteiger partial charge in [-0.15, -0.1) is 0 Å². The van der Waals surface area contributed by atoms with E-state index in [1.54, 1.807) is 7.11 Å². The Morgan fingerprint density at radius 3 is 2.44 bits per heavy atom. The van der Waals surface area contributed by atoms with Crippen LogP contribution in [-0.2, 0) is 0 Å². The van der Waals surface area contributed by atoms with Gasteiger partial charge in [-0.2, -0.15) is 4.98 Å². The highest BCUT2D eigenvalue weighted by atomic mass is 16.5. The Balaban J connectivity index is 1.42. The molecule has 0 atom stereocenters. The highest BCUT2D eigenvalue weighted by molar-refractivity contribution is 5.97. The monoisotopic (exact) mass is 367 g/mol. The van der Waals surface area contributed by atoms with Gasteiger partial charge in [-0.05, 0) is 31.0 Å². The number of amides is 1.